The van der Waals surface area contributed by atoms with E-state index < -0.39 is 23.9 Å². The quantitative estimate of drug-likeness (QED) is 0.200. The van der Waals surface area contributed by atoms with Crippen LogP contribution in [0.4, 0.5) is 24.7 Å². The Kier molecular flexibility index (Phi) is 6.51. The van der Waals surface area contributed by atoms with Crippen molar-refractivity contribution in [3.05, 3.63) is 144 Å². The molecule has 3 N–H and O–H groups in total. The fourth-order valence-electron chi connectivity index (χ4n) is 6.73. The second-order valence-electron chi connectivity index (χ2n) is 12.1. The number of allylic oxidation sites excluding steroid dienone is 2. The van der Waals surface area contributed by atoms with E-state index in [1.165, 1.54) is 29.3 Å². The maximum Gasteiger partial charge on any atom is 0.402 e. The van der Waals surface area contributed by atoms with Crippen LogP contribution in [0.2, 0.25) is 0 Å². The molecule has 1 aromatic heterocycles. The van der Waals surface area contributed by atoms with Crippen molar-refractivity contribution >= 4 is 39.1 Å². The number of nitrogens with two attached hydrogens (primary N) is 1. The van der Waals surface area contributed by atoms with Gasteiger partial charge in [-0.2, -0.15) is 13.2 Å². The molecule has 6 aromatic rings. The van der Waals surface area contributed by atoms with Crippen molar-refractivity contribution in [1.82, 2.24) is 9.97 Å². The van der Waals surface area contributed by atoms with Gasteiger partial charge < -0.3 is 11.1 Å². The minimum absolute atomic E-state index is 0.0167. The van der Waals surface area contributed by atoms with Gasteiger partial charge in [-0.15, -0.1) is 0 Å². The summed E-state index contributed by atoms with van der Waals surface area (Å²) in [5.74, 6) is 0.0687. The van der Waals surface area contributed by atoms with E-state index in [9.17, 15) is 18.0 Å². The van der Waals surface area contributed by atoms with Crippen LogP contribution in [0.1, 0.15) is 23.1 Å². The lowest BCUT2D eigenvalue weighted by molar-refractivity contribution is -0.175. The molecule has 1 atom stereocenters. The predicted octanol–water partition coefficient (Wildman–Crippen LogP) is 8.94. The van der Waals surface area contributed by atoms with Gasteiger partial charge in [-0.1, -0.05) is 91.0 Å². The summed E-state index contributed by atoms with van der Waals surface area (Å²) in [7, 11) is 0. The van der Waals surface area contributed by atoms with Crippen LogP contribution in [0.5, 0.6) is 0 Å². The number of rotatable bonds is 5. The molecule has 1 heterocycles. The summed E-state index contributed by atoms with van der Waals surface area (Å²) in [6.45, 7) is 0. The third-order valence-electron chi connectivity index (χ3n) is 9.26. The molecular formula is C39H27F3N4O. The number of halogens is 3. The highest BCUT2D eigenvalue weighted by Crippen LogP contribution is 2.48. The molecule has 0 saturated carbocycles. The Morgan fingerprint density at radius 1 is 0.809 bits per heavy atom. The van der Waals surface area contributed by atoms with Crippen LogP contribution in [-0.4, -0.2) is 22.1 Å². The molecule has 0 fully saturated rings. The molecular weight excluding hydrogens is 597 g/mol. The zero-order valence-corrected chi connectivity index (χ0v) is 25.0. The van der Waals surface area contributed by atoms with Gasteiger partial charge in [0.05, 0.1) is 5.52 Å². The van der Waals surface area contributed by atoms with Crippen molar-refractivity contribution in [2.45, 2.75) is 24.4 Å². The number of fused-ring (bicyclic) bond motifs is 5. The van der Waals surface area contributed by atoms with Gasteiger partial charge in [0.25, 0.3) is 0 Å². The number of anilines is 2. The number of primary amides is 1. The highest BCUT2D eigenvalue weighted by molar-refractivity contribution is 5.96. The molecule has 8 heteroatoms. The largest absolute Gasteiger partial charge is 0.402 e. The summed E-state index contributed by atoms with van der Waals surface area (Å²) < 4.78 is 44.6. The Labute approximate surface area is 268 Å². The molecule has 2 aliphatic carbocycles. The van der Waals surface area contributed by atoms with Crippen molar-refractivity contribution < 1.29 is 18.0 Å². The highest BCUT2D eigenvalue weighted by atomic mass is 19.4. The van der Waals surface area contributed by atoms with E-state index in [1.807, 2.05) is 60.7 Å². The van der Waals surface area contributed by atoms with E-state index in [1.54, 1.807) is 6.07 Å². The number of aromatic nitrogens is 2. The van der Waals surface area contributed by atoms with E-state index in [2.05, 4.69) is 29.6 Å². The number of amides is 1. The van der Waals surface area contributed by atoms with Crippen LogP contribution in [0.3, 0.4) is 0 Å². The number of nitrogens with zero attached hydrogens (tertiary/aromatic N) is 2. The summed E-state index contributed by atoms with van der Waals surface area (Å²) in [4.78, 5) is 21.4. The molecule has 5 nitrogen and oxygen atoms in total. The van der Waals surface area contributed by atoms with Gasteiger partial charge in [-0.3, -0.25) is 4.79 Å². The topological polar surface area (TPSA) is 80.9 Å². The van der Waals surface area contributed by atoms with Gasteiger partial charge in [0.1, 0.15) is 11.2 Å². The highest BCUT2D eigenvalue weighted by Gasteiger charge is 2.54. The Bertz CT molecular complexity index is 2320. The first-order chi connectivity index (χ1) is 22.7. The van der Waals surface area contributed by atoms with Gasteiger partial charge in [-0.05, 0) is 81.8 Å². The summed E-state index contributed by atoms with van der Waals surface area (Å²) >= 11 is 0. The lowest BCUT2D eigenvalue weighted by atomic mass is 9.73. The first kappa shape index (κ1) is 28.7. The SMILES string of the molecule is NC(=O)C1=CCC(c2ccc3nc(-c4ccc5ccccc5c4)nc(Nc4ccc5c(c4)Cc4ccccc4-5)c3c2)(C(F)(F)F)C=C1. The average Bonchev–Trinajstić information content (AvgIpc) is 3.45. The van der Waals surface area contributed by atoms with Crippen LogP contribution < -0.4 is 11.1 Å². The van der Waals surface area contributed by atoms with Crippen molar-refractivity contribution in [3.8, 4) is 22.5 Å². The first-order valence-corrected chi connectivity index (χ1v) is 15.2. The number of nitrogens with one attached hydrogen (secondary N) is 1. The number of benzene rings is 5. The molecule has 2 aliphatic rings. The summed E-state index contributed by atoms with van der Waals surface area (Å²) in [6.07, 6.45) is -0.874. The van der Waals surface area contributed by atoms with Crippen molar-refractivity contribution in [3.63, 3.8) is 0 Å². The third-order valence-corrected chi connectivity index (χ3v) is 9.26. The molecule has 0 bridgehead atoms. The molecule has 230 valence electrons. The number of alkyl halides is 3. The minimum atomic E-state index is -4.65. The molecule has 8 rings (SSSR count). The Balaban J connectivity index is 1.27. The maximum atomic E-state index is 14.9. The van der Waals surface area contributed by atoms with E-state index in [-0.39, 0.29) is 11.1 Å². The molecule has 0 spiro atoms. The van der Waals surface area contributed by atoms with Crippen molar-refractivity contribution in [1.29, 1.82) is 0 Å². The van der Waals surface area contributed by atoms with Gasteiger partial charge in [0.15, 0.2) is 5.82 Å². The van der Waals surface area contributed by atoms with Gasteiger partial charge in [-0.25, -0.2) is 9.97 Å². The Morgan fingerprint density at radius 3 is 2.38 bits per heavy atom. The molecule has 5 aromatic carbocycles. The number of hydrogen-bond donors (Lipinski definition) is 2. The molecule has 0 aliphatic heterocycles. The smallest absolute Gasteiger partial charge is 0.366 e. The van der Waals surface area contributed by atoms with Gasteiger partial charge >= 0.3 is 6.18 Å². The lowest BCUT2D eigenvalue weighted by Crippen LogP contribution is -2.41. The Hall–Kier alpha value is -5.76. The van der Waals surface area contributed by atoms with Crippen LogP contribution in [0.15, 0.2) is 127 Å². The lowest BCUT2D eigenvalue weighted by Gasteiger charge is -2.35. The van der Waals surface area contributed by atoms with E-state index in [0.717, 1.165) is 51.7 Å². The summed E-state index contributed by atoms with van der Waals surface area (Å²) in [5, 5.41) is 5.97. The predicted molar refractivity (Wildman–Crippen MR) is 179 cm³/mol. The summed E-state index contributed by atoms with van der Waals surface area (Å²) in [6, 6.07) is 32.9. The van der Waals surface area contributed by atoms with Crippen LogP contribution in [-0.2, 0) is 16.6 Å². The van der Waals surface area contributed by atoms with Crippen LogP contribution in [0, 0.1) is 0 Å². The maximum absolute atomic E-state index is 14.9. The van der Waals surface area contributed by atoms with Crippen LogP contribution in [0.25, 0.3) is 44.2 Å². The number of carbonyl (C=O) groups excluding carboxylic acids is 1. The van der Waals surface area contributed by atoms with E-state index >= 15 is 0 Å². The molecule has 1 unspecified atom stereocenters. The minimum Gasteiger partial charge on any atom is -0.366 e. The zero-order chi connectivity index (χ0) is 32.3. The normalized spacial score (nSPS) is 17.0. The monoisotopic (exact) mass is 624 g/mol. The van der Waals surface area contributed by atoms with Gasteiger partial charge in [0.2, 0.25) is 5.91 Å². The second-order valence-corrected chi connectivity index (χ2v) is 12.1. The molecule has 47 heavy (non-hydrogen) atoms. The fraction of sp³-hybridized carbons (Fsp3) is 0.103. The first-order valence-electron chi connectivity index (χ1n) is 15.2. The zero-order valence-electron chi connectivity index (χ0n) is 25.0. The standard InChI is InChI=1S/C39H27F3N4O/c40-39(41,42)38(17-15-24(16-18-38)35(43)47)29-11-14-34-33(22-29)37(46-36(45-34)27-10-9-23-5-1-2-6-25(23)19-27)44-30-12-13-32-28(21-30)20-26-7-3-4-8-31(26)32/h1-17,19,21-22H,18,20H2,(H2,43,47)(H,44,45,46). The van der Waals surface area contributed by atoms with Gasteiger partial charge in [0, 0.05) is 22.2 Å². The average molecular weight is 625 g/mol. The second kappa shape index (κ2) is 10.7. The number of hydrogen-bond acceptors (Lipinski definition) is 4. The van der Waals surface area contributed by atoms with Crippen molar-refractivity contribution in [2.75, 3.05) is 5.32 Å². The Morgan fingerprint density at radius 2 is 1.60 bits per heavy atom. The van der Waals surface area contributed by atoms with Crippen LogP contribution >= 0.6 is 0 Å². The van der Waals surface area contributed by atoms with Crippen molar-refractivity contribution in [2.24, 2.45) is 5.73 Å². The molecule has 1 amide bonds. The molecule has 0 radical (unpaired) electrons. The molecule has 0 saturated heterocycles. The van der Waals surface area contributed by atoms with E-state index in [4.69, 9.17) is 15.7 Å². The fourth-order valence-corrected chi connectivity index (χ4v) is 6.73. The third kappa shape index (κ3) is 4.84. The van der Waals surface area contributed by atoms with E-state index in [0.29, 0.717) is 22.5 Å². The summed E-state index contributed by atoms with van der Waals surface area (Å²) in [5.41, 5.74) is 9.90. The number of carbonyl (C=O) groups is 1.